The maximum Gasteiger partial charge on any atom is 0.407 e. The number of Topliss-reactive ketones (excluding diaryl/α,β-unsaturated/α-hetero) is 1. The molecule has 0 aliphatic carbocycles. The van der Waals surface area contributed by atoms with Crippen LogP contribution in [0.1, 0.15) is 20.8 Å². The average Bonchev–Trinajstić information content (AvgIpc) is 2.02. The minimum absolute atomic E-state index is 0.0545. The van der Waals surface area contributed by atoms with Crippen LogP contribution in [0.15, 0.2) is 0 Å². The van der Waals surface area contributed by atoms with Gasteiger partial charge in [0.05, 0.1) is 7.11 Å². The molecule has 0 spiro atoms. The van der Waals surface area contributed by atoms with Gasteiger partial charge in [0.25, 0.3) is 0 Å². The van der Waals surface area contributed by atoms with Crippen LogP contribution in [0.4, 0.5) is 4.79 Å². The van der Waals surface area contributed by atoms with Gasteiger partial charge in [0.1, 0.15) is 5.78 Å². The van der Waals surface area contributed by atoms with Crippen molar-refractivity contribution in [1.29, 1.82) is 0 Å². The van der Waals surface area contributed by atoms with Crippen LogP contribution in [-0.4, -0.2) is 25.0 Å². The van der Waals surface area contributed by atoms with E-state index in [9.17, 15) is 9.59 Å². The van der Waals surface area contributed by atoms with Gasteiger partial charge >= 0.3 is 6.09 Å². The third kappa shape index (κ3) is 3.37. The molecule has 1 N–H and O–H groups in total. The standard InChI is InChI=1S/C8H15NO3/c1-5(7(3)10)6(2)9-8(11)12-4/h5-6H,1-4H3,(H,9,11)/t5-,6+/m1/s1. The largest absolute Gasteiger partial charge is 0.453 e. The van der Waals surface area contributed by atoms with E-state index in [-0.39, 0.29) is 17.7 Å². The Morgan fingerprint density at radius 1 is 1.33 bits per heavy atom. The summed E-state index contributed by atoms with van der Waals surface area (Å²) < 4.78 is 4.39. The van der Waals surface area contributed by atoms with Gasteiger partial charge in [-0.1, -0.05) is 6.92 Å². The molecule has 4 heteroatoms. The van der Waals surface area contributed by atoms with E-state index < -0.39 is 6.09 Å². The number of ketones is 1. The Bertz CT molecular complexity index is 179. The Kier molecular flexibility index (Phi) is 4.33. The van der Waals surface area contributed by atoms with Gasteiger partial charge in [0.2, 0.25) is 0 Å². The van der Waals surface area contributed by atoms with Crippen molar-refractivity contribution in [2.45, 2.75) is 26.8 Å². The zero-order valence-corrected chi connectivity index (χ0v) is 7.88. The van der Waals surface area contributed by atoms with Gasteiger partial charge in [-0.2, -0.15) is 0 Å². The van der Waals surface area contributed by atoms with Crippen molar-refractivity contribution in [2.75, 3.05) is 7.11 Å². The van der Waals surface area contributed by atoms with Crippen LogP contribution >= 0.6 is 0 Å². The van der Waals surface area contributed by atoms with Crippen LogP contribution in [0.25, 0.3) is 0 Å². The van der Waals surface area contributed by atoms with Crippen LogP contribution in [-0.2, 0) is 9.53 Å². The summed E-state index contributed by atoms with van der Waals surface area (Å²) >= 11 is 0. The summed E-state index contributed by atoms with van der Waals surface area (Å²) in [4.78, 5) is 21.6. The van der Waals surface area contributed by atoms with E-state index in [4.69, 9.17) is 0 Å². The topological polar surface area (TPSA) is 55.4 Å². The van der Waals surface area contributed by atoms with Gasteiger partial charge < -0.3 is 10.1 Å². The first-order chi connectivity index (χ1) is 5.49. The monoisotopic (exact) mass is 173 g/mol. The molecule has 2 atom stereocenters. The first-order valence-electron chi connectivity index (χ1n) is 3.84. The van der Waals surface area contributed by atoms with E-state index in [1.54, 1.807) is 13.8 Å². The van der Waals surface area contributed by atoms with E-state index in [0.29, 0.717) is 0 Å². The highest BCUT2D eigenvalue weighted by Crippen LogP contribution is 2.03. The lowest BCUT2D eigenvalue weighted by atomic mass is 10.00. The fraction of sp³-hybridized carbons (Fsp3) is 0.750. The van der Waals surface area contributed by atoms with Crippen LogP contribution in [0, 0.1) is 5.92 Å². The molecule has 12 heavy (non-hydrogen) atoms. The van der Waals surface area contributed by atoms with Crippen molar-refractivity contribution >= 4 is 11.9 Å². The first-order valence-corrected chi connectivity index (χ1v) is 3.84. The number of carbonyl (C=O) groups is 2. The second-order valence-corrected chi connectivity index (χ2v) is 2.82. The lowest BCUT2D eigenvalue weighted by Gasteiger charge is -2.17. The molecule has 0 saturated carbocycles. The lowest BCUT2D eigenvalue weighted by Crippen LogP contribution is -2.39. The molecule has 4 nitrogen and oxygen atoms in total. The number of methoxy groups -OCH3 is 1. The van der Waals surface area contributed by atoms with Gasteiger partial charge in [0.15, 0.2) is 0 Å². The molecule has 0 aromatic heterocycles. The number of ether oxygens (including phenoxy) is 1. The predicted octanol–water partition coefficient (Wildman–Crippen LogP) is 0.956. The van der Waals surface area contributed by atoms with Gasteiger partial charge in [0, 0.05) is 12.0 Å². The molecule has 0 aliphatic heterocycles. The molecule has 0 aromatic carbocycles. The Morgan fingerprint density at radius 3 is 2.17 bits per heavy atom. The minimum Gasteiger partial charge on any atom is -0.453 e. The minimum atomic E-state index is -0.504. The second-order valence-electron chi connectivity index (χ2n) is 2.82. The number of alkyl carbamates (subject to hydrolysis) is 1. The molecular weight excluding hydrogens is 158 g/mol. The molecule has 0 bridgehead atoms. The summed E-state index contributed by atoms with van der Waals surface area (Å²) in [6, 6.07) is -0.185. The van der Waals surface area contributed by atoms with E-state index in [2.05, 4.69) is 10.1 Å². The number of carbonyl (C=O) groups excluding carboxylic acids is 2. The van der Waals surface area contributed by atoms with Gasteiger partial charge in [-0.3, -0.25) is 4.79 Å². The van der Waals surface area contributed by atoms with Crippen LogP contribution in [0.2, 0.25) is 0 Å². The molecule has 0 rings (SSSR count). The maximum absolute atomic E-state index is 10.9. The fourth-order valence-corrected chi connectivity index (χ4v) is 0.722. The third-order valence-corrected chi connectivity index (χ3v) is 1.92. The number of rotatable bonds is 3. The summed E-state index contributed by atoms with van der Waals surface area (Å²) in [6.45, 7) is 5.03. The van der Waals surface area contributed by atoms with Crippen molar-refractivity contribution in [2.24, 2.45) is 5.92 Å². The zero-order valence-electron chi connectivity index (χ0n) is 7.88. The summed E-state index contributed by atoms with van der Waals surface area (Å²) in [7, 11) is 1.29. The molecule has 0 aromatic rings. The molecule has 1 amide bonds. The van der Waals surface area contributed by atoms with Gasteiger partial charge in [-0.25, -0.2) is 4.79 Å². The molecule has 0 fully saturated rings. The van der Waals surface area contributed by atoms with E-state index >= 15 is 0 Å². The molecule has 0 saturated heterocycles. The number of hydrogen-bond acceptors (Lipinski definition) is 3. The average molecular weight is 173 g/mol. The van der Waals surface area contributed by atoms with Crippen molar-refractivity contribution < 1.29 is 14.3 Å². The normalized spacial score (nSPS) is 14.7. The lowest BCUT2D eigenvalue weighted by molar-refractivity contribution is -0.120. The maximum atomic E-state index is 10.9. The quantitative estimate of drug-likeness (QED) is 0.691. The molecule has 70 valence electrons. The molecule has 0 unspecified atom stereocenters. The smallest absolute Gasteiger partial charge is 0.407 e. The van der Waals surface area contributed by atoms with Crippen LogP contribution in [0.5, 0.6) is 0 Å². The van der Waals surface area contributed by atoms with Gasteiger partial charge in [-0.05, 0) is 13.8 Å². The number of amides is 1. The highest BCUT2D eigenvalue weighted by molar-refractivity contribution is 5.79. The number of hydrogen-bond donors (Lipinski definition) is 1. The van der Waals surface area contributed by atoms with Crippen LogP contribution < -0.4 is 5.32 Å². The van der Waals surface area contributed by atoms with Crippen molar-refractivity contribution in [1.82, 2.24) is 5.32 Å². The highest BCUT2D eigenvalue weighted by atomic mass is 16.5. The summed E-state index contributed by atoms with van der Waals surface area (Å²) in [5.74, 6) is -0.122. The fourth-order valence-electron chi connectivity index (χ4n) is 0.722. The number of nitrogens with one attached hydrogen (secondary N) is 1. The molecule has 0 heterocycles. The summed E-state index contributed by atoms with van der Waals surface area (Å²) in [5, 5.41) is 2.53. The third-order valence-electron chi connectivity index (χ3n) is 1.92. The van der Waals surface area contributed by atoms with E-state index in [1.165, 1.54) is 14.0 Å². The Hall–Kier alpha value is -1.06. The molecular formula is C8H15NO3. The van der Waals surface area contributed by atoms with Crippen LogP contribution in [0.3, 0.4) is 0 Å². The SMILES string of the molecule is COC(=O)N[C@@H](C)[C@@H](C)C(C)=O. The van der Waals surface area contributed by atoms with Crippen molar-refractivity contribution in [3.05, 3.63) is 0 Å². The summed E-state index contributed by atoms with van der Waals surface area (Å²) in [6.07, 6.45) is -0.504. The Balaban J connectivity index is 3.94. The van der Waals surface area contributed by atoms with E-state index in [0.717, 1.165) is 0 Å². The van der Waals surface area contributed by atoms with Gasteiger partial charge in [-0.15, -0.1) is 0 Å². The highest BCUT2D eigenvalue weighted by Gasteiger charge is 2.18. The summed E-state index contributed by atoms with van der Waals surface area (Å²) in [5.41, 5.74) is 0. The predicted molar refractivity (Wildman–Crippen MR) is 44.8 cm³/mol. The first kappa shape index (κ1) is 10.9. The second kappa shape index (κ2) is 4.74. The van der Waals surface area contributed by atoms with E-state index in [1.807, 2.05) is 0 Å². The molecule has 0 radical (unpaired) electrons. The van der Waals surface area contributed by atoms with Crippen molar-refractivity contribution in [3.8, 4) is 0 Å². The Labute approximate surface area is 72.3 Å². The van der Waals surface area contributed by atoms with Crippen molar-refractivity contribution in [3.63, 3.8) is 0 Å². The Morgan fingerprint density at radius 2 is 1.83 bits per heavy atom. The zero-order chi connectivity index (χ0) is 9.72. The molecule has 0 aliphatic rings.